The maximum absolute atomic E-state index is 13.0. The molecule has 1 aliphatic heterocycles. The van der Waals surface area contributed by atoms with Crippen molar-refractivity contribution in [3.05, 3.63) is 22.7 Å². The second kappa shape index (κ2) is 12.3. The number of carbonyl (C=O) groups is 1. The number of hydrogen-bond donors (Lipinski definition) is 1. The number of amides is 1. The minimum atomic E-state index is 0. The number of rotatable bonds is 9. The zero-order valence-electron chi connectivity index (χ0n) is 16.6. The molecule has 1 heterocycles. The Balaban J connectivity index is 0.00000364. The van der Waals surface area contributed by atoms with Crippen molar-refractivity contribution in [2.75, 3.05) is 39.9 Å². The first kappa shape index (κ1) is 23.9. The van der Waals surface area contributed by atoms with Crippen molar-refractivity contribution >= 4 is 29.9 Å². The molecule has 0 radical (unpaired) electrons. The Morgan fingerprint density at radius 1 is 1.33 bits per heavy atom. The van der Waals surface area contributed by atoms with E-state index in [2.05, 4.69) is 12.2 Å². The molecule has 1 saturated heterocycles. The molecule has 1 aliphatic rings. The highest BCUT2D eigenvalue weighted by Gasteiger charge is 2.25. The van der Waals surface area contributed by atoms with Crippen LogP contribution in [0.4, 0.5) is 0 Å². The van der Waals surface area contributed by atoms with Gasteiger partial charge in [-0.05, 0) is 57.8 Å². The first-order chi connectivity index (χ1) is 12.6. The quantitative estimate of drug-likeness (QED) is 0.603. The van der Waals surface area contributed by atoms with Gasteiger partial charge in [-0.1, -0.05) is 24.9 Å². The lowest BCUT2D eigenvalue weighted by Gasteiger charge is -2.33. The van der Waals surface area contributed by atoms with Gasteiger partial charge >= 0.3 is 0 Å². The van der Waals surface area contributed by atoms with Crippen LogP contribution in [0.25, 0.3) is 0 Å². The fraction of sp³-hybridized carbons (Fsp3) is 0.650. The van der Waals surface area contributed by atoms with Crippen molar-refractivity contribution in [3.63, 3.8) is 0 Å². The molecule has 1 fully saturated rings. The Morgan fingerprint density at radius 3 is 2.78 bits per heavy atom. The van der Waals surface area contributed by atoms with Gasteiger partial charge in [0.25, 0.3) is 5.91 Å². The van der Waals surface area contributed by atoms with Crippen LogP contribution < -0.4 is 14.8 Å². The lowest BCUT2D eigenvalue weighted by molar-refractivity contribution is 0.0673. The summed E-state index contributed by atoms with van der Waals surface area (Å²) in [6, 6.07) is 3.47. The van der Waals surface area contributed by atoms with Gasteiger partial charge in [-0.3, -0.25) is 4.79 Å². The van der Waals surface area contributed by atoms with Gasteiger partial charge in [0.2, 0.25) is 0 Å². The number of unbranched alkanes of at least 4 members (excludes halogenated alkanes) is 1. The summed E-state index contributed by atoms with van der Waals surface area (Å²) in [6.45, 7) is 7.58. The van der Waals surface area contributed by atoms with Crippen LogP contribution in [0.1, 0.15) is 49.9 Å². The molecular weight excluding hydrogens is 387 g/mol. The summed E-state index contributed by atoms with van der Waals surface area (Å²) in [6.07, 6.45) is 4.17. The van der Waals surface area contributed by atoms with Gasteiger partial charge in [-0.25, -0.2) is 0 Å². The van der Waals surface area contributed by atoms with Crippen molar-refractivity contribution in [2.24, 2.45) is 5.92 Å². The standard InChI is InChI=1S/C20H31ClN2O3.ClH/c1-4-6-10-26-19-17(21)11-16(12-18(19)25-5-2)20(24)23-9-7-8-15(14-23)13-22-3;/h11-12,15,22H,4-10,13-14H2,1-3H3;1H. The minimum absolute atomic E-state index is 0. The van der Waals surface area contributed by atoms with Gasteiger partial charge in [0.05, 0.1) is 18.2 Å². The Bertz CT molecular complexity index is 597. The van der Waals surface area contributed by atoms with Crippen LogP contribution in [-0.2, 0) is 0 Å². The summed E-state index contributed by atoms with van der Waals surface area (Å²) in [5.74, 6) is 1.58. The van der Waals surface area contributed by atoms with Crippen LogP contribution >= 0.6 is 24.0 Å². The average Bonchev–Trinajstić information content (AvgIpc) is 2.64. The van der Waals surface area contributed by atoms with E-state index in [0.717, 1.165) is 45.3 Å². The van der Waals surface area contributed by atoms with Gasteiger partial charge < -0.3 is 19.7 Å². The zero-order valence-corrected chi connectivity index (χ0v) is 18.1. The molecule has 0 bridgehead atoms. The van der Waals surface area contributed by atoms with E-state index >= 15 is 0 Å². The molecule has 1 aromatic rings. The fourth-order valence-corrected chi connectivity index (χ4v) is 3.57. The molecule has 1 aromatic carbocycles. The minimum Gasteiger partial charge on any atom is -0.490 e. The number of benzene rings is 1. The highest BCUT2D eigenvalue weighted by Crippen LogP contribution is 2.37. The van der Waals surface area contributed by atoms with Crippen molar-refractivity contribution in [1.29, 1.82) is 0 Å². The zero-order chi connectivity index (χ0) is 18.9. The topological polar surface area (TPSA) is 50.8 Å². The Hall–Kier alpha value is -1.17. The summed E-state index contributed by atoms with van der Waals surface area (Å²) in [5, 5.41) is 3.64. The summed E-state index contributed by atoms with van der Waals surface area (Å²) in [4.78, 5) is 14.9. The third-order valence-electron chi connectivity index (χ3n) is 4.60. The Kier molecular flexibility index (Phi) is 10.9. The van der Waals surface area contributed by atoms with Crippen molar-refractivity contribution in [3.8, 4) is 11.5 Å². The number of likely N-dealkylation sites (tertiary alicyclic amines) is 1. The van der Waals surface area contributed by atoms with E-state index < -0.39 is 0 Å². The van der Waals surface area contributed by atoms with Crippen LogP contribution in [0.5, 0.6) is 11.5 Å². The van der Waals surface area contributed by atoms with Crippen LogP contribution in [0.3, 0.4) is 0 Å². The molecule has 1 atom stereocenters. The molecule has 0 aliphatic carbocycles. The maximum Gasteiger partial charge on any atom is 0.254 e. The molecule has 154 valence electrons. The first-order valence-corrected chi connectivity index (χ1v) is 10.0. The molecule has 0 saturated carbocycles. The van der Waals surface area contributed by atoms with Crippen molar-refractivity contribution < 1.29 is 14.3 Å². The monoisotopic (exact) mass is 418 g/mol. The van der Waals surface area contributed by atoms with E-state index in [0.29, 0.717) is 41.2 Å². The maximum atomic E-state index is 13.0. The van der Waals surface area contributed by atoms with Crippen molar-refractivity contribution in [2.45, 2.75) is 39.5 Å². The molecule has 1 amide bonds. The SMILES string of the molecule is CCCCOc1c(Cl)cc(C(=O)N2CCCC(CNC)C2)cc1OCC.Cl. The third-order valence-corrected chi connectivity index (χ3v) is 4.88. The Labute approximate surface area is 174 Å². The number of halogens is 2. The second-order valence-electron chi connectivity index (χ2n) is 6.74. The first-order valence-electron chi connectivity index (χ1n) is 9.63. The Morgan fingerprint density at radius 2 is 2.11 bits per heavy atom. The number of nitrogens with zero attached hydrogens (tertiary/aromatic N) is 1. The fourth-order valence-electron chi connectivity index (χ4n) is 3.30. The number of hydrogen-bond acceptors (Lipinski definition) is 4. The van der Waals surface area contributed by atoms with E-state index in [4.69, 9.17) is 21.1 Å². The molecule has 7 heteroatoms. The molecule has 5 nitrogen and oxygen atoms in total. The predicted molar refractivity (Wildman–Crippen MR) is 113 cm³/mol. The third kappa shape index (κ3) is 6.74. The molecule has 0 spiro atoms. The second-order valence-corrected chi connectivity index (χ2v) is 7.14. The average molecular weight is 419 g/mol. The van der Waals surface area contributed by atoms with E-state index in [1.165, 1.54) is 0 Å². The predicted octanol–water partition coefficient (Wildman–Crippen LogP) is 4.41. The van der Waals surface area contributed by atoms with Crippen LogP contribution in [-0.4, -0.2) is 50.7 Å². The molecule has 1 N–H and O–H groups in total. The van der Waals surface area contributed by atoms with Gasteiger partial charge in [0.1, 0.15) is 0 Å². The lowest BCUT2D eigenvalue weighted by Crippen LogP contribution is -2.42. The summed E-state index contributed by atoms with van der Waals surface area (Å²) >= 11 is 6.42. The highest BCUT2D eigenvalue weighted by molar-refractivity contribution is 6.32. The normalized spacial score (nSPS) is 16.6. The molecular formula is C20H32Cl2N2O3. The van der Waals surface area contributed by atoms with E-state index in [9.17, 15) is 4.79 Å². The largest absolute Gasteiger partial charge is 0.490 e. The number of ether oxygens (including phenoxy) is 2. The van der Waals surface area contributed by atoms with Gasteiger partial charge in [0.15, 0.2) is 11.5 Å². The van der Waals surface area contributed by atoms with Crippen LogP contribution in [0.15, 0.2) is 12.1 Å². The lowest BCUT2D eigenvalue weighted by atomic mass is 9.97. The van der Waals surface area contributed by atoms with Crippen LogP contribution in [0.2, 0.25) is 5.02 Å². The van der Waals surface area contributed by atoms with Gasteiger partial charge in [-0.2, -0.15) is 0 Å². The van der Waals surface area contributed by atoms with E-state index in [-0.39, 0.29) is 18.3 Å². The number of piperidine rings is 1. The summed E-state index contributed by atoms with van der Waals surface area (Å²) < 4.78 is 11.5. The number of nitrogens with one attached hydrogen (secondary N) is 1. The van der Waals surface area contributed by atoms with Gasteiger partial charge in [-0.15, -0.1) is 12.4 Å². The van der Waals surface area contributed by atoms with Gasteiger partial charge in [0, 0.05) is 18.7 Å². The summed E-state index contributed by atoms with van der Waals surface area (Å²) in [7, 11) is 1.95. The molecule has 27 heavy (non-hydrogen) atoms. The molecule has 2 rings (SSSR count). The van der Waals surface area contributed by atoms with E-state index in [1.807, 2.05) is 18.9 Å². The number of carbonyl (C=O) groups excluding carboxylic acids is 1. The van der Waals surface area contributed by atoms with Crippen molar-refractivity contribution in [1.82, 2.24) is 10.2 Å². The highest BCUT2D eigenvalue weighted by atomic mass is 35.5. The summed E-state index contributed by atoms with van der Waals surface area (Å²) in [5.41, 5.74) is 0.561. The van der Waals surface area contributed by atoms with E-state index in [1.54, 1.807) is 12.1 Å². The van der Waals surface area contributed by atoms with Crippen LogP contribution in [0, 0.1) is 5.92 Å². The molecule has 1 unspecified atom stereocenters. The smallest absolute Gasteiger partial charge is 0.254 e. The molecule has 0 aromatic heterocycles.